The number of unbranched alkanes of at least 4 members (excludes halogenated alkanes) is 17. The number of esters is 1. The minimum Gasteiger partial charge on any atom is -0.756 e. The number of rotatable bonds is 35. The summed E-state index contributed by atoms with van der Waals surface area (Å²) in [5.41, 5.74) is 0. The molecule has 0 spiro atoms. The van der Waals surface area contributed by atoms with Gasteiger partial charge in [0, 0.05) is 13.0 Å². The number of hydrogen-bond acceptors (Lipinski definition) is 7. The van der Waals surface area contributed by atoms with Crippen molar-refractivity contribution >= 4 is 13.8 Å². The molecule has 0 aromatic carbocycles. The van der Waals surface area contributed by atoms with Crippen molar-refractivity contribution in [2.45, 2.75) is 161 Å². The van der Waals surface area contributed by atoms with Gasteiger partial charge in [0.15, 0.2) is 0 Å². The molecule has 0 aliphatic carbocycles. The van der Waals surface area contributed by atoms with Gasteiger partial charge in [0.25, 0.3) is 7.82 Å². The smallest absolute Gasteiger partial charge is 0.306 e. The number of likely N-dealkylation sites (N-methyl/N-ethyl adjacent to an activating group) is 1. The molecule has 47 heavy (non-hydrogen) atoms. The van der Waals surface area contributed by atoms with E-state index < -0.39 is 13.9 Å². The molecule has 0 aromatic heterocycles. The van der Waals surface area contributed by atoms with Gasteiger partial charge in [-0.05, 0) is 44.9 Å². The average molecular weight is 688 g/mol. The minimum absolute atomic E-state index is 0.0258. The van der Waals surface area contributed by atoms with E-state index in [-0.39, 0.29) is 25.8 Å². The Bertz CT molecular complexity index is 812. The van der Waals surface area contributed by atoms with Crippen molar-refractivity contribution in [1.82, 2.24) is 0 Å². The van der Waals surface area contributed by atoms with Gasteiger partial charge < -0.3 is 27.9 Å². The largest absolute Gasteiger partial charge is 0.756 e. The predicted octanol–water partition coefficient (Wildman–Crippen LogP) is 9.86. The van der Waals surface area contributed by atoms with E-state index in [1.165, 1.54) is 96.3 Å². The second-order valence-electron chi connectivity index (χ2n) is 13.9. The SMILES string of the molecule is CCCCCC/C=C\C/C=C\CCCCCCCCCCOCC(COP(=O)([O-])OCC[N+](C)(C)C)OC(=O)CCCCCCCC. The molecule has 0 saturated heterocycles. The maximum Gasteiger partial charge on any atom is 0.306 e. The molecule has 0 saturated carbocycles. The highest BCUT2D eigenvalue weighted by molar-refractivity contribution is 7.45. The number of phosphoric ester groups is 1. The average Bonchev–Trinajstić information content (AvgIpc) is 3.01. The molecule has 0 aliphatic heterocycles. The van der Waals surface area contributed by atoms with Crippen LogP contribution in [-0.4, -0.2) is 70.7 Å². The van der Waals surface area contributed by atoms with Crippen LogP contribution in [0.5, 0.6) is 0 Å². The first-order valence-corrected chi connectivity index (χ1v) is 20.5. The molecule has 0 aromatic rings. The summed E-state index contributed by atoms with van der Waals surface area (Å²) in [6.07, 6.45) is 33.5. The van der Waals surface area contributed by atoms with Crippen LogP contribution in [0.25, 0.3) is 0 Å². The molecule has 9 heteroatoms. The van der Waals surface area contributed by atoms with Gasteiger partial charge in [0.05, 0.1) is 34.4 Å². The molecule has 8 nitrogen and oxygen atoms in total. The van der Waals surface area contributed by atoms with Crippen LogP contribution in [0.2, 0.25) is 0 Å². The second-order valence-corrected chi connectivity index (χ2v) is 15.4. The molecule has 0 radical (unpaired) electrons. The zero-order chi connectivity index (χ0) is 34.9. The van der Waals surface area contributed by atoms with E-state index in [2.05, 4.69) is 38.2 Å². The van der Waals surface area contributed by atoms with E-state index in [9.17, 15) is 14.3 Å². The molecule has 0 fully saturated rings. The van der Waals surface area contributed by atoms with E-state index in [1.807, 2.05) is 21.1 Å². The first-order valence-electron chi connectivity index (χ1n) is 19.1. The van der Waals surface area contributed by atoms with Crippen molar-refractivity contribution in [3.05, 3.63) is 24.3 Å². The van der Waals surface area contributed by atoms with Crippen molar-refractivity contribution in [2.75, 3.05) is 54.1 Å². The lowest BCUT2D eigenvalue weighted by molar-refractivity contribution is -0.870. The van der Waals surface area contributed by atoms with E-state index >= 15 is 0 Å². The summed E-state index contributed by atoms with van der Waals surface area (Å²) < 4.78 is 34.3. The van der Waals surface area contributed by atoms with Crippen LogP contribution < -0.4 is 4.89 Å². The summed E-state index contributed by atoms with van der Waals surface area (Å²) in [6, 6.07) is 0. The Balaban J connectivity index is 4.12. The third kappa shape index (κ3) is 36.1. The quantitative estimate of drug-likeness (QED) is 0.0215. The van der Waals surface area contributed by atoms with Crippen LogP contribution in [-0.2, 0) is 27.9 Å². The molecule has 2 atom stereocenters. The summed E-state index contributed by atoms with van der Waals surface area (Å²) in [4.78, 5) is 24.7. The fraction of sp³-hybridized carbons (Fsp3) is 0.868. The maximum absolute atomic E-state index is 12.4. The third-order valence-corrected chi connectivity index (χ3v) is 8.97. The lowest BCUT2D eigenvalue weighted by Gasteiger charge is -2.28. The molecule has 278 valence electrons. The fourth-order valence-corrected chi connectivity index (χ4v) is 5.71. The van der Waals surface area contributed by atoms with Gasteiger partial charge in [-0.2, -0.15) is 0 Å². The highest BCUT2D eigenvalue weighted by atomic mass is 31.2. The first kappa shape index (κ1) is 46.0. The predicted molar refractivity (Wildman–Crippen MR) is 194 cm³/mol. The van der Waals surface area contributed by atoms with Gasteiger partial charge >= 0.3 is 5.97 Å². The number of hydrogen-bond donors (Lipinski definition) is 0. The zero-order valence-corrected chi connectivity index (χ0v) is 32.1. The number of allylic oxidation sites excluding steroid dienone is 4. The lowest BCUT2D eigenvalue weighted by Crippen LogP contribution is -2.37. The molecule has 0 rings (SSSR count). The summed E-state index contributed by atoms with van der Waals surface area (Å²) in [6.45, 7) is 5.31. The van der Waals surface area contributed by atoms with Gasteiger partial charge in [0.1, 0.15) is 19.3 Å². The summed E-state index contributed by atoms with van der Waals surface area (Å²) >= 11 is 0. The Morgan fingerprint density at radius 3 is 1.74 bits per heavy atom. The van der Waals surface area contributed by atoms with Crippen molar-refractivity contribution in [3.8, 4) is 0 Å². The monoisotopic (exact) mass is 688 g/mol. The van der Waals surface area contributed by atoms with E-state index in [0.29, 0.717) is 24.1 Å². The molecule has 2 unspecified atom stereocenters. The van der Waals surface area contributed by atoms with Crippen molar-refractivity contribution < 1.29 is 37.3 Å². The van der Waals surface area contributed by atoms with Crippen molar-refractivity contribution in [3.63, 3.8) is 0 Å². The molecule has 0 bridgehead atoms. The number of carbonyl (C=O) groups excluding carboxylic acids is 1. The highest BCUT2D eigenvalue weighted by Gasteiger charge is 2.20. The second kappa shape index (κ2) is 32.2. The van der Waals surface area contributed by atoms with Crippen LogP contribution >= 0.6 is 7.82 Å². The maximum atomic E-state index is 12.4. The number of nitrogens with zero attached hydrogens (tertiary/aromatic N) is 1. The standard InChI is InChI=1S/C38H74NO7P/c1-6-8-10-12-14-15-16-17-18-19-20-21-22-23-24-25-26-28-30-33-43-35-37(46-38(40)31-29-27-13-11-9-7-2)36-45-47(41,42)44-34-32-39(3,4)5/h15-16,18-19,37H,6-14,17,20-36H2,1-5H3/b16-15-,19-18-. The molecular formula is C38H74NO7P. The Hall–Kier alpha value is -1.02. The van der Waals surface area contributed by atoms with E-state index in [1.54, 1.807) is 0 Å². The number of quaternary nitrogens is 1. The van der Waals surface area contributed by atoms with E-state index in [4.69, 9.17) is 18.5 Å². The number of ether oxygens (including phenoxy) is 2. The topological polar surface area (TPSA) is 94.1 Å². The van der Waals surface area contributed by atoms with Crippen LogP contribution in [0, 0.1) is 0 Å². The molecule has 0 amide bonds. The van der Waals surface area contributed by atoms with Gasteiger partial charge in [-0.25, -0.2) is 0 Å². The van der Waals surface area contributed by atoms with Crippen LogP contribution in [0.4, 0.5) is 0 Å². The molecule has 0 N–H and O–H groups in total. The highest BCUT2D eigenvalue weighted by Crippen LogP contribution is 2.38. The first-order chi connectivity index (χ1) is 22.6. The van der Waals surface area contributed by atoms with E-state index in [0.717, 1.165) is 38.5 Å². The van der Waals surface area contributed by atoms with Crippen LogP contribution in [0.3, 0.4) is 0 Å². The third-order valence-electron chi connectivity index (χ3n) is 8.01. The van der Waals surface area contributed by atoms with Gasteiger partial charge in [-0.3, -0.25) is 9.36 Å². The molecule has 0 heterocycles. The zero-order valence-electron chi connectivity index (χ0n) is 31.2. The Kier molecular flexibility index (Phi) is 31.5. The minimum atomic E-state index is -4.51. The van der Waals surface area contributed by atoms with Crippen LogP contribution in [0.1, 0.15) is 155 Å². The van der Waals surface area contributed by atoms with Crippen molar-refractivity contribution in [2.24, 2.45) is 0 Å². The summed E-state index contributed by atoms with van der Waals surface area (Å²) in [5, 5.41) is 0. The Morgan fingerprint density at radius 2 is 1.17 bits per heavy atom. The number of carbonyl (C=O) groups is 1. The Labute approximate surface area is 290 Å². The molecule has 0 aliphatic rings. The number of phosphoric acid groups is 1. The Morgan fingerprint density at radius 1 is 0.660 bits per heavy atom. The van der Waals surface area contributed by atoms with Gasteiger partial charge in [0.2, 0.25) is 0 Å². The van der Waals surface area contributed by atoms with Crippen molar-refractivity contribution in [1.29, 1.82) is 0 Å². The lowest BCUT2D eigenvalue weighted by atomic mass is 10.1. The van der Waals surface area contributed by atoms with Gasteiger partial charge in [-0.1, -0.05) is 128 Å². The van der Waals surface area contributed by atoms with Gasteiger partial charge in [-0.15, -0.1) is 0 Å². The summed E-state index contributed by atoms with van der Waals surface area (Å²) in [7, 11) is 1.35. The van der Waals surface area contributed by atoms with Crippen LogP contribution in [0.15, 0.2) is 24.3 Å². The summed E-state index contributed by atoms with van der Waals surface area (Å²) in [5.74, 6) is -0.346. The normalized spacial score (nSPS) is 14.3. The molecular weight excluding hydrogens is 613 g/mol. The fourth-order valence-electron chi connectivity index (χ4n) is 4.99.